The van der Waals surface area contributed by atoms with E-state index in [4.69, 9.17) is 4.74 Å². The Morgan fingerprint density at radius 2 is 2.00 bits per heavy atom. The number of nitro benzene ring substituents is 1. The first kappa shape index (κ1) is 20.7. The van der Waals surface area contributed by atoms with Crippen LogP contribution in [0.15, 0.2) is 18.2 Å². The summed E-state index contributed by atoms with van der Waals surface area (Å²) < 4.78 is 5.31. The van der Waals surface area contributed by atoms with Crippen LogP contribution in [-0.4, -0.2) is 47.4 Å². The standard InChI is InChI=1S/C19H27N3O5/c1-4-21(15-8-6-5-7-9-15)18(23)13(2)27-19(24)14-10-11-16(20-3)17(12-14)22(25)26/h10-13,15,20H,4-9H2,1-3H3/t13-/m0/s1. The molecule has 1 aromatic rings. The van der Waals surface area contributed by atoms with Crippen LogP contribution in [0.25, 0.3) is 0 Å². The van der Waals surface area contributed by atoms with E-state index >= 15 is 0 Å². The second-order valence-corrected chi connectivity index (χ2v) is 6.70. The van der Waals surface area contributed by atoms with Gasteiger partial charge in [-0.2, -0.15) is 0 Å². The number of amides is 1. The SMILES string of the molecule is CCN(C(=O)[C@H](C)OC(=O)c1ccc(NC)c([N+](=O)[O-])c1)C1CCCCC1. The number of esters is 1. The largest absolute Gasteiger partial charge is 0.449 e. The van der Waals surface area contributed by atoms with Gasteiger partial charge in [0.25, 0.3) is 11.6 Å². The molecule has 1 amide bonds. The molecule has 148 valence electrons. The Bertz CT molecular complexity index is 701. The van der Waals surface area contributed by atoms with Crippen LogP contribution in [0.4, 0.5) is 11.4 Å². The lowest BCUT2D eigenvalue weighted by Crippen LogP contribution is -2.46. The van der Waals surface area contributed by atoms with Gasteiger partial charge in [-0.05, 0) is 38.8 Å². The van der Waals surface area contributed by atoms with Crippen LogP contribution in [0.2, 0.25) is 0 Å². The van der Waals surface area contributed by atoms with Crippen molar-refractivity contribution in [2.45, 2.75) is 58.1 Å². The maximum absolute atomic E-state index is 12.7. The average molecular weight is 377 g/mol. The summed E-state index contributed by atoms with van der Waals surface area (Å²) in [6.45, 7) is 4.02. The molecule has 27 heavy (non-hydrogen) atoms. The van der Waals surface area contributed by atoms with E-state index in [1.807, 2.05) is 6.92 Å². The van der Waals surface area contributed by atoms with Crippen LogP contribution in [0, 0.1) is 10.1 Å². The summed E-state index contributed by atoms with van der Waals surface area (Å²) in [7, 11) is 1.56. The molecule has 0 bridgehead atoms. The molecule has 1 aliphatic rings. The highest BCUT2D eigenvalue weighted by Gasteiger charge is 2.30. The summed E-state index contributed by atoms with van der Waals surface area (Å²) in [5.41, 5.74) is 0.125. The fourth-order valence-corrected chi connectivity index (χ4v) is 3.52. The Kier molecular flexibility index (Phi) is 7.15. The maximum Gasteiger partial charge on any atom is 0.339 e. The Hall–Kier alpha value is -2.64. The van der Waals surface area contributed by atoms with Gasteiger partial charge in [-0.1, -0.05) is 19.3 Å². The minimum atomic E-state index is -0.942. The third-order valence-electron chi connectivity index (χ3n) is 4.97. The number of hydrogen-bond donors (Lipinski definition) is 1. The van der Waals surface area contributed by atoms with Crippen LogP contribution in [-0.2, 0) is 9.53 Å². The zero-order valence-corrected chi connectivity index (χ0v) is 16.1. The average Bonchev–Trinajstić information content (AvgIpc) is 2.68. The second-order valence-electron chi connectivity index (χ2n) is 6.70. The van der Waals surface area contributed by atoms with Crippen LogP contribution < -0.4 is 5.32 Å². The number of carbonyl (C=O) groups is 2. The molecule has 0 aromatic heterocycles. The molecule has 1 saturated carbocycles. The first-order chi connectivity index (χ1) is 12.9. The summed E-state index contributed by atoms with van der Waals surface area (Å²) in [6.07, 6.45) is 4.39. The summed E-state index contributed by atoms with van der Waals surface area (Å²) in [5.74, 6) is -0.972. The van der Waals surface area contributed by atoms with Crippen molar-refractivity contribution in [3.63, 3.8) is 0 Å². The third-order valence-corrected chi connectivity index (χ3v) is 4.97. The lowest BCUT2D eigenvalue weighted by molar-refractivity contribution is -0.384. The van der Waals surface area contributed by atoms with Gasteiger partial charge in [0.05, 0.1) is 10.5 Å². The number of benzene rings is 1. The second kappa shape index (κ2) is 9.34. The highest BCUT2D eigenvalue weighted by atomic mass is 16.6. The maximum atomic E-state index is 12.7. The van der Waals surface area contributed by atoms with Gasteiger partial charge >= 0.3 is 5.97 Å². The molecule has 1 N–H and O–H groups in total. The summed E-state index contributed by atoms with van der Waals surface area (Å²) >= 11 is 0. The number of carbonyl (C=O) groups excluding carboxylic acids is 2. The zero-order chi connectivity index (χ0) is 20.0. The predicted molar refractivity (Wildman–Crippen MR) is 102 cm³/mol. The number of rotatable bonds is 7. The molecule has 1 fully saturated rings. The van der Waals surface area contributed by atoms with E-state index in [0.29, 0.717) is 12.2 Å². The molecule has 0 spiro atoms. The van der Waals surface area contributed by atoms with Crippen LogP contribution in [0.1, 0.15) is 56.3 Å². The minimum absolute atomic E-state index is 0.0427. The normalized spacial score (nSPS) is 15.7. The quantitative estimate of drug-likeness (QED) is 0.444. The topological polar surface area (TPSA) is 102 Å². The predicted octanol–water partition coefficient (Wildman–Crippen LogP) is 3.36. The van der Waals surface area contributed by atoms with Crippen molar-refractivity contribution in [3.05, 3.63) is 33.9 Å². The lowest BCUT2D eigenvalue weighted by atomic mass is 9.94. The van der Waals surface area contributed by atoms with E-state index < -0.39 is 17.0 Å². The molecule has 1 aliphatic carbocycles. The molecule has 0 unspecified atom stereocenters. The summed E-state index contributed by atoms with van der Waals surface area (Å²) in [4.78, 5) is 37.5. The van der Waals surface area contributed by atoms with Crippen LogP contribution in [0.3, 0.4) is 0 Å². The van der Waals surface area contributed by atoms with Crippen LogP contribution >= 0.6 is 0 Å². The lowest BCUT2D eigenvalue weighted by Gasteiger charge is -2.35. The van der Waals surface area contributed by atoms with Gasteiger partial charge < -0.3 is 15.0 Å². The van der Waals surface area contributed by atoms with Gasteiger partial charge in [0.15, 0.2) is 6.10 Å². The Morgan fingerprint density at radius 3 is 2.56 bits per heavy atom. The Labute approximate surface area is 159 Å². The van der Waals surface area contributed by atoms with Crippen molar-refractivity contribution < 1.29 is 19.2 Å². The number of ether oxygens (including phenoxy) is 1. The number of anilines is 1. The Balaban J connectivity index is 2.08. The van der Waals surface area contributed by atoms with Crippen molar-refractivity contribution >= 4 is 23.3 Å². The van der Waals surface area contributed by atoms with E-state index in [9.17, 15) is 19.7 Å². The van der Waals surface area contributed by atoms with Crippen molar-refractivity contribution in [3.8, 4) is 0 Å². The number of nitrogens with zero attached hydrogens (tertiary/aromatic N) is 2. The molecular formula is C19H27N3O5. The van der Waals surface area contributed by atoms with Gasteiger partial charge in [0, 0.05) is 25.7 Å². The van der Waals surface area contributed by atoms with Crippen molar-refractivity contribution in [2.75, 3.05) is 18.9 Å². The van der Waals surface area contributed by atoms with Gasteiger partial charge in [-0.15, -0.1) is 0 Å². The molecule has 0 heterocycles. The van der Waals surface area contributed by atoms with Crippen LogP contribution in [0.5, 0.6) is 0 Å². The van der Waals surface area contributed by atoms with Gasteiger partial charge in [0.2, 0.25) is 0 Å². The molecule has 8 heteroatoms. The number of hydrogen-bond acceptors (Lipinski definition) is 6. The minimum Gasteiger partial charge on any atom is -0.449 e. The highest BCUT2D eigenvalue weighted by Crippen LogP contribution is 2.26. The van der Waals surface area contributed by atoms with Gasteiger partial charge in [0.1, 0.15) is 5.69 Å². The summed E-state index contributed by atoms with van der Waals surface area (Å²) in [5, 5.41) is 13.8. The molecule has 8 nitrogen and oxygen atoms in total. The zero-order valence-electron chi connectivity index (χ0n) is 16.1. The highest BCUT2D eigenvalue weighted by molar-refractivity contribution is 5.93. The van der Waals surface area contributed by atoms with Crippen molar-refractivity contribution in [2.24, 2.45) is 0 Å². The Morgan fingerprint density at radius 1 is 1.33 bits per heavy atom. The van der Waals surface area contributed by atoms with E-state index in [-0.39, 0.29) is 23.2 Å². The van der Waals surface area contributed by atoms with E-state index in [1.165, 1.54) is 18.6 Å². The molecule has 0 saturated heterocycles. The van der Waals surface area contributed by atoms with E-state index in [0.717, 1.165) is 31.7 Å². The first-order valence-corrected chi connectivity index (χ1v) is 9.36. The van der Waals surface area contributed by atoms with E-state index in [2.05, 4.69) is 5.32 Å². The smallest absolute Gasteiger partial charge is 0.339 e. The first-order valence-electron chi connectivity index (χ1n) is 9.36. The van der Waals surface area contributed by atoms with Gasteiger partial charge in [-0.25, -0.2) is 4.79 Å². The monoisotopic (exact) mass is 377 g/mol. The number of nitro groups is 1. The summed E-state index contributed by atoms with van der Waals surface area (Å²) in [6, 6.07) is 4.23. The molecule has 0 radical (unpaired) electrons. The molecule has 1 atom stereocenters. The number of nitrogens with one attached hydrogen (secondary N) is 1. The molecule has 0 aliphatic heterocycles. The fourth-order valence-electron chi connectivity index (χ4n) is 3.52. The number of likely N-dealkylation sites (N-methyl/N-ethyl adjacent to an activating group) is 1. The van der Waals surface area contributed by atoms with Gasteiger partial charge in [-0.3, -0.25) is 14.9 Å². The third kappa shape index (κ3) is 4.96. The van der Waals surface area contributed by atoms with Crippen molar-refractivity contribution in [1.29, 1.82) is 0 Å². The molecular weight excluding hydrogens is 350 g/mol. The van der Waals surface area contributed by atoms with E-state index in [1.54, 1.807) is 18.9 Å². The molecule has 1 aromatic carbocycles. The van der Waals surface area contributed by atoms with Crippen molar-refractivity contribution in [1.82, 2.24) is 4.90 Å². The molecule has 2 rings (SSSR count). The fraction of sp³-hybridized carbons (Fsp3) is 0.579.